The van der Waals surface area contributed by atoms with Crippen molar-refractivity contribution in [2.75, 3.05) is 27.2 Å². The molecule has 0 radical (unpaired) electrons. The van der Waals surface area contributed by atoms with Gasteiger partial charge >= 0.3 is 0 Å². The third kappa shape index (κ3) is 2.88. The van der Waals surface area contributed by atoms with Gasteiger partial charge in [-0.15, -0.1) is 0 Å². The van der Waals surface area contributed by atoms with Crippen molar-refractivity contribution in [2.24, 2.45) is 5.16 Å². The summed E-state index contributed by atoms with van der Waals surface area (Å²) in [4.78, 5) is 7.68. The van der Waals surface area contributed by atoms with Crippen LogP contribution in [0, 0.1) is 0 Å². The Morgan fingerprint density at radius 1 is 1.05 bits per heavy atom. The summed E-state index contributed by atoms with van der Waals surface area (Å²) in [7, 11) is 4.17. The number of hydrogen-bond acceptors (Lipinski definition) is 3. The van der Waals surface area contributed by atoms with Gasteiger partial charge in [0.05, 0.1) is 5.71 Å². The molecule has 1 aromatic rings. The lowest BCUT2D eigenvalue weighted by molar-refractivity contribution is 0.135. The molecule has 3 heteroatoms. The van der Waals surface area contributed by atoms with E-state index >= 15 is 0 Å². The molecule has 3 rings (SSSR count). The lowest BCUT2D eigenvalue weighted by atomic mass is 10.0. The number of nitrogens with zero attached hydrogens (tertiary/aromatic N) is 2. The Morgan fingerprint density at radius 2 is 1.85 bits per heavy atom. The Labute approximate surface area is 121 Å². The van der Waals surface area contributed by atoms with Crippen LogP contribution in [-0.2, 0) is 24.1 Å². The Morgan fingerprint density at radius 3 is 2.65 bits per heavy atom. The first-order valence-corrected chi connectivity index (χ1v) is 7.72. The molecule has 0 aromatic heterocycles. The van der Waals surface area contributed by atoms with Gasteiger partial charge in [-0.1, -0.05) is 11.2 Å². The molecular formula is C17H24N2O. The molecule has 0 N–H and O–H groups in total. The van der Waals surface area contributed by atoms with Gasteiger partial charge in [0, 0.05) is 12.1 Å². The Bertz CT molecular complexity index is 520. The molecule has 0 unspecified atom stereocenters. The van der Waals surface area contributed by atoms with Crippen LogP contribution in [0.4, 0.5) is 0 Å². The molecule has 3 nitrogen and oxygen atoms in total. The number of hydrogen-bond donors (Lipinski definition) is 0. The first-order chi connectivity index (χ1) is 9.74. The van der Waals surface area contributed by atoms with Gasteiger partial charge in [-0.25, -0.2) is 0 Å². The third-order valence-corrected chi connectivity index (χ3v) is 4.28. The van der Waals surface area contributed by atoms with Crippen molar-refractivity contribution in [3.8, 4) is 0 Å². The summed E-state index contributed by atoms with van der Waals surface area (Å²) in [5.41, 5.74) is 7.07. The molecule has 1 aromatic carbocycles. The van der Waals surface area contributed by atoms with Crippen LogP contribution in [0.1, 0.15) is 41.5 Å². The van der Waals surface area contributed by atoms with Gasteiger partial charge in [-0.3, -0.25) is 0 Å². The standard InChI is InChI=1S/C17H24N2O/c1-19(2)9-4-10-20-18-17-8-7-15-11-13-5-3-6-14(13)12-16(15)17/h11-12H,3-10H2,1-2H3/b18-17+. The predicted molar refractivity (Wildman–Crippen MR) is 82.4 cm³/mol. The number of rotatable bonds is 5. The van der Waals surface area contributed by atoms with Crippen molar-refractivity contribution in [1.82, 2.24) is 4.90 Å². The van der Waals surface area contributed by atoms with Gasteiger partial charge in [-0.05, 0) is 75.4 Å². The van der Waals surface area contributed by atoms with Gasteiger partial charge in [0.25, 0.3) is 0 Å². The number of oxime groups is 1. The molecule has 0 aliphatic heterocycles. The van der Waals surface area contributed by atoms with Crippen molar-refractivity contribution in [3.63, 3.8) is 0 Å². The normalized spacial score (nSPS) is 18.6. The molecule has 0 heterocycles. The number of benzene rings is 1. The lowest BCUT2D eigenvalue weighted by Crippen LogP contribution is -2.14. The lowest BCUT2D eigenvalue weighted by Gasteiger charge is -2.08. The highest BCUT2D eigenvalue weighted by Gasteiger charge is 2.22. The van der Waals surface area contributed by atoms with Crippen molar-refractivity contribution in [3.05, 3.63) is 34.4 Å². The molecule has 2 aliphatic carbocycles. The molecule has 108 valence electrons. The molecule has 20 heavy (non-hydrogen) atoms. The van der Waals surface area contributed by atoms with E-state index in [0.29, 0.717) is 6.61 Å². The first kappa shape index (κ1) is 13.6. The SMILES string of the molecule is CN(C)CCCO/N=C1\CCc2cc3c(cc21)CCC3. The van der Waals surface area contributed by atoms with E-state index in [1.54, 1.807) is 5.56 Å². The van der Waals surface area contributed by atoms with Crippen LogP contribution in [0.3, 0.4) is 0 Å². The summed E-state index contributed by atoms with van der Waals surface area (Å²) in [5.74, 6) is 0. The molecule has 0 atom stereocenters. The molecule has 0 fully saturated rings. The molecule has 0 bridgehead atoms. The molecule has 0 amide bonds. The fourth-order valence-corrected chi connectivity index (χ4v) is 3.20. The highest BCUT2D eigenvalue weighted by atomic mass is 16.6. The Hall–Kier alpha value is -1.35. The van der Waals surface area contributed by atoms with Gasteiger partial charge in [0.2, 0.25) is 0 Å². The number of aryl methyl sites for hydroxylation is 3. The highest BCUT2D eigenvalue weighted by molar-refractivity contribution is 6.04. The van der Waals surface area contributed by atoms with Crippen molar-refractivity contribution in [1.29, 1.82) is 0 Å². The first-order valence-electron chi connectivity index (χ1n) is 7.72. The highest BCUT2D eigenvalue weighted by Crippen LogP contribution is 2.30. The van der Waals surface area contributed by atoms with E-state index in [0.717, 1.165) is 31.5 Å². The Balaban J connectivity index is 1.63. The van der Waals surface area contributed by atoms with E-state index < -0.39 is 0 Å². The fourth-order valence-electron chi connectivity index (χ4n) is 3.20. The monoisotopic (exact) mass is 272 g/mol. The topological polar surface area (TPSA) is 24.8 Å². The largest absolute Gasteiger partial charge is 0.396 e. The van der Waals surface area contributed by atoms with Gasteiger partial charge in [0.15, 0.2) is 0 Å². The minimum absolute atomic E-state index is 0.710. The second-order valence-electron chi connectivity index (χ2n) is 6.16. The maximum absolute atomic E-state index is 5.51. The summed E-state index contributed by atoms with van der Waals surface area (Å²) in [6.07, 6.45) is 7.00. The molecular weight excluding hydrogens is 248 g/mol. The quantitative estimate of drug-likeness (QED) is 0.608. The van der Waals surface area contributed by atoms with Gasteiger partial charge in [-0.2, -0.15) is 0 Å². The van der Waals surface area contributed by atoms with E-state index in [-0.39, 0.29) is 0 Å². The molecule has 2 aliphatic rings. The minimum atomic E-state index is 0.710. The average molecular weight is 272 g/mol. The van der Waals surface area contributed by atoms with Crippen molar-refractivity contribution in [2.45, 2.75) is 38.5 Å². The summed E-state index contributed by atoms with van der Waals surface area (Å²) < 4.78 is 0. The summed E-state index contributed by atoms with van der Waals surface area (Å²) in [5, 5.41) is 4.39. The maximum Gasteiger partial charge on any atom is 0.118 e. The van der Waals surface area contributed by atoms with Crippen LogP contribution in [0.15, 0.2) is 17.3 Å². The Kier molecular flexibility index (Phi) is 4.06. The van der Waals surface area contributed by atoms with E-state index in [9.17, 15) is 0 Å². The van der Waals surface area contributed by atoms with Gasteiger partial charge in [0.1, 0.15) is 6.61 Å². The predicted octanol–water partition coefficient (Wildman–Crippen LogP) is 2.79. The van der Waals surface area contributed by atoms with Crippen LogP contribution in [-0.4, -0.2) is 37.9 Å². The van der Waals surface area contributed by atoms with E-state index in [4.69, 9.17) is 4.84 Å². The fraction of sp³-hybridized carbons (Fsp3) is 0.588. The van der Waals surface area contributed by atoms with Crippen LogP contribution >= 0.6 is 0 Å². The number of fused-ring (bicyclic) bond motifs is 2. The average Bonchev–Trinajstić information content (AvgIpc) is 3.02. The summed E-state index contributed by atoms with van der Waals surface area (Å²) >= 11 is 0. The molecule has 0 saturated heterocycles. The smallest absolute Gasteiger partial charge is 0.118 e. The second kappa shape index (κ2) is 5.96. The molecule has 0 saturated carbocycles. The molecule has 0 spiro atoms. The maximum atomic E-state index is 5.51. The summed E-state index contributed by atoms with van der Waals surface area (Å²) in [6.45, 7) is 1.76. The van der Waals surface area contributed by atoms with Crippen LogP contribution in [0.5, 0.6) is 0 Å². The van der Waals surface area contributed by atoms with Crippen LogP contribution in [0.2, 0.25) is 0 Å². The third-order valence-electron chi connectivity index (χ3n) is 4.28. The van der Waals surface area contributed by atoms with Crippen LogP contribution in [0.25, 0.3) is 0 Å². The van der Waals surface area contributed by atoms with E-state index in [1.165, 1.54) is 36.0 Å². The van der Waals surface area contributed by atoms with Gasteiger partial charge < -0.3 is 9.74 Å². The summed E-state index contributed by atoms with van der Waals surface area (Å²) in [6, 6.07) is 4.78. The zero-order chi connectivity index (χ0) is 13.9. The zero-order valence-electron chi connectivity index (χ0n) is 12.6. The van der Waals surface area contributed by atoms with Crippen LogP contribution < -0.4 is 0 Å². The minimum Gasteiger partial charge on any atom is -0.396 e. The van der Waals surface area contributed by atoms with Crippen molar-refractivity contribution >= 4 is 5.71 Å². The second-order valence-corrected chi connectivity index (χ2v) is 6.16. The zero-order valence-corrected chi connectivity index (χ0v) is 12.6. The van der Waals surface area contributed by atoms with E-state index in [1.807, 2.05) is 0 Å². The van der Waals surface area contributed by atoms with E-state index in [2.05, 4.69) is 36.3 Å². The van der Waals surface area contributed by atoms with Crippen molar-refractivity contribution < 1.29 is 4.84 Å².